The first kappa shape index (κ1) is 25.7. The minimum atomic E-state index is -4.63. The van der Waals surface area contributed by atoms with Gasteiger partial charge in [0.15, 0.2) is 0 Å². The number of halogens is 5. The van der Waals surface area contributed by atoms with E-state index < -0.39 is 17.6 Å². The average Bonchev–Trinajstić information content (AvgIpc) is 2.76. The van der Waals surface area contributed by atoms with Crippen LogP contribution in [0.3, 0.4) is 0 Å². The molecule has 3 aromatic rings. The molecule has 0 fully saturated rings. The second-order valence-electron chi connectivity index (χ2n) is 8.04. The molecule has 34 heavy (non-hydrogen) atoms. The topological polar surface area (TPSA) is 58.6 Å². The highest BCUT2D eigenvalue weighted by atomic mass is 35.5. The molecule has 2 N–H and O–H groups in total. The molecule has 0 aliphatic rings. The molecule has 0 aromatic heterocycles. The van der Waals surface area contributed by atoms with E-state index in [1.54, 1.807) is 12.1 Å². The largest absolute Gasteiger partial charge is 0.507 e. The number of hydrogen-bond donors (Lipinski definition) is 2. The smallest absolute Gasteiger partial charge is 0.416 e. The fourth-order valence-corrected chi connectivity index (χ4v) is 3.67. The molecule has 0 unspecified atom stereocenters. The molecule has 180 valence electrons. The van der Waals surface area contributed by atoms with Gasteiger partial charge in [0.1, 0.15) is 11.5 Å². The van der Waals surface area contributed by atoms with Crippen LogP contribution >= 0.6 is 23.2 Å². The Labute approximate surface area is 205 Å². The number of hydrogen-bond acceptors (Lipinski definition) is 3. The van der Waals surface area contributed by atoms with E-state index in [1.807, 2.05) is 26.0 Å². The molecular weight excluding hydrogens is 490 g/mol. The Kier molecular flexibility index (Phi) is 8.00. The number of nitrogens with one attached hydrogen (secondary N) is 1. The molecule has 0 spiro atoms. The van der Waals surface area contributed by atoms with Crippen LogP contribution in [0.15, 0.2) is 60.7 Å². The lowest BCUT2D eigenvalue weighted by molar-refractivity contribution is -0.137. The molecule has 0 saturated heterocycles. The summed E-state index contributed by atoms with van der Waals surface area (Å²) in [4.78, 5) is 12.7. The standard InChI is InChI=1S/C25H22Cl2F3NO3/c1-14(2)20(15-3-6-17(26)7-4-15)13-34-23-10-5-16(25(28,29)30)11-21(23)31-24(33)19-12-18(27)8-9-22(19)32/h3-12,14,20,32H,13H2,1-2H3,(H,31,33)/t20-/m1/s1. The van der Waals surface area contributed by atoms with E-state index in [9.17, 15) is 23.1 Å². The zero-order valence-corrected chi connectivity index (χ0v) is 19.8. The molecule has 4 nitrogen and oxygen atoms in total. The summed E-state index contributed by atoms with van der Waals surface area (Å²) in [6.45, 7) is 4.15. The fourth-order valence-electron chi connectivity index (χ4n) is 3.37. The van der Waals surface area contributed by atoms with Crippen LogP contribution in [-0.2, 0) is 6.18 Å². The van der Waals surface area contributed by atoms with Gasteiger partial charge >= 0.3 is 6.18 Å². The van der Waals surface area contributed by atoms with Crippen molar-refractivity contribution < 1.29 is 27.8 Å². The maximum absolute atomic E-state index is 13.3. The van der Waals surface area contributed by atoms with Gasteiger partial charge in [-0.3, -0.25) is 4.79 Å². The van der Waals surface area contributed by atoms with Gasteiger partial charge in [-0.1, -0.05) is 49.2 Å². The summed E-state index contributed by atoms with van der Waals surface area (Å²) < 4.78 is 45.9. The molecule has 0 radical (unpaired) electrons. The minimum absolute atomic E-state index is 0.0579. The fraction of sp³-hybridized carbons (Fsp3) is 0.240. The number of carbonyl (C=O) groups is 1. The predicted octanol–water partition coefficient (Wildman–Crippen LogP) is 7.79. The van der Waals surface area contributed by atoms with E-state index in [2.05, 4.69) is 5.32 Å². The zero-order valence-electron chi connectivity index (χ0n) is 18.3. The monoisotopic (exact) mass is 511 g/mol. The first-order valence-corrected chi connectivity index (χ1v) is 11.1. The SMILES string of the molecule is CC(C)[C@@H](COc1ccc(C(F)(F)F)cc1NC(=O)c1cc(Cl)ccc1O)c1ccc(Cl)cc1. The number of anilines is 1. The van der Waals surface area contributed by atoms with Crippen molar-refractivity contribution in [2.45, 2.75) is 25.9 Å². The number of alkyl halides is 3. The van der Waals surface area contributed by atoms with Gasteiger partial charge in [0.2, 0.25) is 0 Å². The Bertz CT molecular complexity index is 1170. The molecule has 0 aliphatic carbocycles. The number of rotatable bonds is 7. The summed E-state index contributed by atoms with van der Waals surface area (Å²) in [6.07, 6.45) is -4.63. The average molecular weight is 512 g/mol. The van der Waals surface area contributed by atoms with Crippen LogP contribution in [0.2, 0.25) is 10.0 Å². The van der Waals surface area contributed by atoms with E-state index in [4.69, 9.17) is 27.9 Å². The normalized spacial score (nSPS) is 12.5. The lowest BCUT2D eigenvalue weighted by Gasteiger charge is -2.23. The van der Waals surface area contributed by atoms with Crippen LogP contribution in [0.1, 0.15) is 41.3 Å². The number of amides is 1. The third-order valence-electron chi connectivity index (χ3n) is 5.28. The number of ether oxygens (including phenoxy) is 1. The Morgan fingerprint density at radius 1 is 1.00 bits per heavy atom. The molecule has 1 atom stereocenters. The van der Waals surface area contributed by atoms with Crippen molar-refractivity contribution >= 4 is 34.8 Å². The van der Waals surface area contributed by atoms with Crippen molar-refractivity contribution in [1.82, 2.24) is 0 Å². The van der Waals surface area contributed by atoms with Gasteiger partial charge in [0.25, 0.3) is 5.91 Å². The van der Waals surface area contributed by atoms with Crippen molar-refractivity contribution in [2.24, 2.45) is 5.92 Å². The van der Waals surface area contributed by atoms with Crippen molar-refractivity contribution in [1.29, 1.82) is 0 Å². The molecule has 0 aliphatic heterocycles. The summed E-state index contributed by atoms with van der Waals surface area (Å²) >= 11 is 11.9. The lowest BCUT2D eigenvalue weighted by Crippen LogP contribution is -2.18. The second kappa shape index (κ2) is 10.6. The quantitative estimate of drug-likeness (QED) is 0.340. The van der Waals surface area contributed by atoms with E-state index in [1.165, 1.54) is 18.2 Å². The van der Waals surface area contributed by atoms with E-state index >= 15 is 0 Å². The van der Waals surface area contributed by atoms with Crippen molar-refractivity contribution in [3.8, 4) is 11.5 Å². The van der Waals surface area contributed by atoms with Gasteiger partial charge < -0.3 is 15.2 Å². The lowest BCUT2D eigenvalue weighted by atomic mass is 9.89. The van der Waals surface area contributed by atoms with Crippen LogP contribution in [0, 0.1) is 5.92 Å². The van der Waals surface area contributed by atoms with Gasteiger partial charge in [-0.05, 0) is 60.0 Å². The second-order valence-corrected chi connectivity index (χ2v) is 8.91. The van der Waals surface area contributed by atoms with Crippen LogP contribution < -0.4 is 10.1 Å². The maximum Gasteiger partial charge on any atom is 0.416 e. The number of aromatic hydroxyl groups is 1. The first-order valence-electron chi connectivity index (χ1n) is 10.3. The molecule has 3 aromatic carbocycles. The van der Waals surface area contributed by atoms with Crippen LogP contribution in [0.4, 0.5) is 18.9 Å². The summed E-state index contributed by atoms with van der Waals surface area (Å²) in [6, 6.07) is 13.9. The van der Waals surface area contributed by atoms with E-state index in [0.29, 0.717) is 5.02 Å². The Morgan fingerprint density at radius 2 is 1.65 bits per heavy atom. The number of phenols is 1. The first-order chi connectivity index (χ1) is 16.0. The maximum atomic E-state index is 13.3. The molecular formula is C25H22Cl2F3NO3. The third kappa shape index (κ3) is 6.36. The molecule has 0 bridgehead atoms. The summed E-state index contributed by atoms with van der Waals surface area (Å²) in [5.41, 5.74) is -0.362. The van der Waals surface area contributed by atoms with Crippen LogP contribution in [0.25, 0.3) is 0 Å². The zero-order chi connectivity index (χ0) is 25.0. The molecule has 9 heteroatoms. The van der Waals surface area contributed by atoms with Crippen molar-refractivity contribution in [3.63, 3.8) is 0 Å². The molecule has 3 rings (SSSR count). The molecule has 0 saturated carbocycles. The predicted molar refractivity (Wildman–Crippen MR) is 127 cm³/mol. The minimum Gasteiger partial charge on any atom is -0.507 e. The number of benzene rings is 3. The highest BCUT2D eigenvalue weighted by Crippen LogP contribution is 2.37. The third-order valence-corrected chi connectivity index (χ3v) is 5.77. The van der Waals surface area contributed by atoms with Gasteiger partial charge in [-0.2, -0.15) is 13.2 Å². The molecule has 1 amide bonds. The molecule has 0 heterocycles. The number of phenolic OH excluding ortho intramolecular Hbond substituents is 1. The summed E-state index contributed by atoms with van der Waals surface area (Å²) in [5, 5.41) is 13.2. The van der Waals surface area contributed by atoms with E-state index in [-0.39, 0.29) is 46.2 Å². The van der Waals surface area contributed by atoms with Gasteiger partial charge in [0, 0.05) is 16.0 Å². The van der Waals surface area contributed by atoms with Gasteiger partial charge in [0.05, 0.1) is 23.4 Å². The summed E-state index contributed by atoms with van der Waals surface area (Å²) in [5.74, 6) is -1.07. The van der Waals surface area contributed by atoms with Crippen molar-refractivity contribution in [3.05, 3.63) is 87.4 Å². The highest BCUT2D eigenvalue weighted by Gasteiger charge is 2.32. The number of carbonyl (C=O) groups excluding carboxylic acids is 1. The van der Waals surface area contributed by atoms with Gasteiger partial charge in [-0.15, -0.1) is 0 Å². The highest BCUT2D eigenvalue weighted by molar-refractivity contribution is 6.31. The summed E-state index contributed by atoms with van der Waals surface area (Å²) in [7, 11) is 0. The van der Waals surface area contributed by atoms with Crippen LogP contribution in [0.5, 0.6) is 11.5 Å². The van der Waals surface area contributed by atoms with E-state index in [0.717, 1.165) is 23.8 Å². The van der Waals surface area contributed by atoms with Crippen LogP contribution in [-0.4, -0.2) is 17.6 Å². The Morgan fingerprint density at radius 3 is 2.26 bits per heavy atom. The van der Waals surface area contributed by atoms with Crippen molar-refractivity contribution in [2.75, 3.05) is 11.9 Å². The Hall–Kier alpha value is -2.90. The van der Waals surface area contributed by atoms with Gasteiger partial charge in [-0.25, -0.2) is 0 Å². The Balaban J connectivity index is 1.91.